The van der Waals surface area contributed by atoms with E-state index in [2.05, 4.69) is 9.62 Å². The number of nitrogens with zero attached hydrogens (tertiary/aromatic N) is 1. The van der Waals surface area contributed by atoms with Crippen molar-refractivity contribution < 1.29 is 37.3 Å². The molecule has 0 aromatic heterocycles. The molecule has 35 heavy (non-hydrogen) atoms. The lowest BCUT2D eigenvalue weighted by molar-refractivity contribution is -0.134. The van der Waals surface area contributed by atoms with Gasteiger partial charge in [0.1, 0.15) is 5.82 Å². The van der Waals surface area contributed by atoms with Gasteiger partial charge in [-0.15, -0.1) is 0 Å². The van der Waals surface area contributed by atoms with Gasteiger partial charge in [0.2, 0.25) is 10.0 Å². The van der Waals surface area contributed by atoms with E-state index < -0.39 is 22.0 Å². The Morgan fingerprint density at radius 1 is 1.11 bits per heavy atom. The minimum absolute atomic E-state index is 0.0578. The molecular formula is C24H29FN2O7S. The summed E-state index contributed by atoms with van der Waals surface area (Å²) in [5.74, 6) is -2.76. The zero-order valence-corrected chi connectivity index (χ0v) is 20.2. The van der Waals surface area contributed by atoms with Crippen LogP contribution in [0.2, 0.25) is 0 Å². The van der Waals surface area contributed by atoms with Gasteiger partial charge in [-0.25, -0.2) is 27.1 Å². The van der Waals surface area contributed by atoms with Crippen LogP contribution in [0.3, 0.4) is 0 Å². The van der Waals surface area contributed by atoms with Crippen LogP contribution < -0.4 is 4.72 Å². The largest absolute Gasteiger partial charge is 0.478 e. The van der Waals surface area contributed by atoms with Gasteiger partial charge in [0.15, 0.2) is 0 Å². The number of aliphatic carboxylic acids is 2. The molecule has 0 bridgehead atoms. The van der Waals surface area contributed by atoms with Crippen LogP contribution in [0, 0.1) is 5.82 Å². The zero-order valence-electron chi connectivity index (χ0n) is 19.4. The lowest BCUT2D eigenvalue weighted by atomic mass is 10.1. The fourth-order valence-corrected chi connectivity index (χ4v) is 4.21. The number of benzene rings is 2. The minimum atomic E-state index is -3.24. The molecular weight excluding hydrogens is 479 g/mol. The van der Waals surface area contributed by atoms with Gasteiger partial charge < -0.3 is 14.9 Å². The van der Waals surface area contributed by atoms with Crippen LogP contribution in [0.25, 0.3) is 0 Å². The van der Waals surface area contributed by atoms with Gasteiger partial charge in [-0.05, 0) is 35.7 Å². The van der Waals surface area contributed by atoms with Gasteiger partial charge in [0, 0.05) is 37.8 Å². The first-order chi connectivity index (χ1) is 16.4. The average molecular weight is 509 g/mol. The van der Waals surface area contributed by atoms with E-state index in [0.29, 0.717) is 18.8 Å². The van der Waals surface area contributed by atoms with Gasteiger partial charge >= 0.3 is 11.9 Å². The molecule has 0 saturated carbocycles. The van der Waals surface area contributed by atoms with E-state index in [1.54, 1.807) is 12.1 Å². The second kappa shape index (κ2) is 13.1. The molecule has 9 nitrogen and oxygen atoms in total. The van der Waals surface area contributed by atoms with Crippen LogP contribution in [-0.4, -0.2) is 61.4 Å². The Hall–Kier alpha value is -3.12. The average Bonchev–Trinajstić information content (AvgIpc) is 2.78. The summed E-state index contributed by atoms with van der Waals surface area (Å²) in [6.45, 7) is 4.83. The van der Waals surface area contributed by atoms with Crippen LogP contribution >= 0.6 is 0 Å². The molecule has 1 heterocycles. The number of rotatable bonds is 8. The summed E-state index contributed by atoms with van der Waals surface area (Å²) in [7, 11) is -3.24. The van der Waals surface area contributed by atoms with Crippen LogP contribution in [-0.2, 0) is 30.9 Å². The van der Waals surface area contributed by atoms with Crippen LogP contribution in [0.1, 0.15) is 35.8 Å². The highest BCUT2D eigenvalue weighted by atomic mass is 32.2. The summed E-state index contributed by atoms with van der Waals surface area (Å²) in [5, 5.41) is 15.6. The highest BCUT2D eigenvalue weighted by Crippen LogP contribution is 2.24. The third kappa shape index (κ3) is 10.8. The summed E-state index contributed by atoms with van der Waals surface area (Å²) in [6.07, 6.45) is 2.22. The topological polar surface area (TPSA) is 133 Å². The molecule has 1 aliphatic rings. The molecule has 3 N–H and O–H groups in total. The molecule has 1 saturated heterocycles. The Kier molecular flexibility index (Phi) is 10.5. The third-order valence-electron chi connectivity index (χ3n) is 5.04. The predicted octanol–water partition coefficient (Wildman–Crippen LogP) is 2.72. The Bertz CT molecular complexity index is 1100. The van der Waals surface area contributed by atoms with Crippen molar-refractivity contribution >= 4 is 22.0 Å². The van der Waals surface area contributed by atoms with E-state index in [4.69, 9.17) is 14.9 Å². The summed E-state index contributed by atoms with van der Waals surface area (Å²) < 4.78 is 44.3. The van der Waals surface area contributed by atoms with Crippen LogP contribution in [0.15, 0.2) is 60.7 Å². The lowest BCUT2D eigenvalue weighted by Gasteiger charge is -2.33. The van der Waals surface area contributed by atoms with Crippen LogP contribution in [0.5, 0.6) is 0 Å². The first-order valence-corrected chi connectivity index (χ1v) is 12.6. The Balaban J connectivity index is 0.000000466. The molecule has 0 spiro atoms. The summed E-state index contributed by atoms with van der Waals surface area (Å²) in [4.78, 5) is 21.4. The number of ether oxygens (including phenoxy) is 1. The van der Waals surface area contributed by atoms with Gasteiger partial charge in [-0.1, -0.05) is 36.4 Å². The first-order valence-electron chi connectivity index (χ1n) is 10.7. The lowest BCUT2D eigenvalue weighted by Crippen LogP contribution is -2.37. The fourth-order valence-electron chi connectivity index (χ4n) is 3.43. The van der Waals surface area contributed by atoms with Crippen molar-refractivity contribution in [3.63, 3.8) is 0 Å². The Morgan fingerprint density at radius 2 is 1.69 bits per heavy atom. The number of hydrogen-bond donors (Lipinski definition) is 3. The van der Waals surface area contributed by atoms with Crippen molar-refractivity contribution in [3.05, 3.63) is 83.2 Å². The van der Waals surface area contributed by atoms with Crippen molar-refractivity contribution in [3.8, 4) is 0 Å². The van der Waals surface area contributed by atoms with E-state index in [1.807, 2.05) is 31.2 Å². The number of carboxylic acids is 2. The van der Waals surface area contributed by atoms with Gasteiger partial charge in [0.05, 0.1) is 19.0 Å². The number of sulfonamides is 1. The third-order valence-corrected chi connectivity index (χ3v) is 5.82. The Labute approximate surface area is 203 Å². The summed E-state index contributed by atoms with van der Waals surface area (Å²) >= 11 is 0. The number of halogens is 1. The predicted molar refractivity (Wildman–Crippen MR) is 128 cm³/mol. The quantitative estimate of drug-likeness (QED) is 0.464. The van der Waals surface area contributed by atoms with Crippen molar-refractivity contribution in [1.29, 1.82) is 0 Å². The standard InChI is InChI=1S/C20H25FN2O3S.C4H4O4/c1-15(22-27(2,24)25)17-5-3-16(4-6-17)13-23-11-12-26-20(14-23)18-7-9-19(21)10-8-18;5-3(6)1-2-4(7)8/h3-10,15,20,22H,11-14H2,1-2H3;1-2H,(H,5,6)(H,7,8)/b;2-1-/t15-,20-;/m1./s1. The second-order valence-corrected chi connectivity index (χ2v) is 9.79. The molecule has 2 atom stereocenters. The second-order valence-electron chi connectivity index (χ2n) is 8.01. The van der Waals surface area contributed by atoms with E-state index in [-0.39, 0.29) is 18.0 Å². The van der Waals surface area contributed by atoms with E-state index in [1.165, 1.54) is 12.1 Å². The monoisotopic (exact) mass is 508 g/mol. The number of hydrogen-bond acceptors (Lipinski definition) is 6. The van der Waals surface area contributed by atoms with E-state index in [9.17, 15) is 22.4 Å². The highest BCUT2D eigenvalue weighted by Gasteiger charge is 2.22. The summed E-state index contributed by atoms with van der Waals surface area (Å²) in [5.41, 5.74) is 3.07. The van der Waals surface area contributed by atoms with Crippen molar-refractivity contribution in [2.24, 2.45) is 0 Å². The molecule has 2 aromatic carbocycles. The maximum Gasteiger partial charge on any atom is 0.328 e. The molecule has 11 heteroatoms. The number of carboxylic acid groups (broad SMARTS) is 2. The van der Waals surface area contributed by atoms with Crippen molar-refractivity contribution in [1.82, 2.24) is 9.62 Å². The highest BCUT2D eigenvalue weighted by molar-refractivity contribution is 7.88. The van der Waals surface area contributed by atoms with Crippen molar-refractivity contribution in [2.75, 3.05) is 26.0 Å². The van der Waals surface area contributed by atoms with Crippen molar-refractivity contribution in [2.45, 2.75) is 25.6 Å². The molecule has 0 radical (unpaired) electrons. The normalized spacial score (nSPS) is 17.4. The van der Waals surface area contributed by atoms with Crippen LogP contribution in [0.4, 0.5) is 4.39 Å². The smallest absolute Gasteiger partial charge is 0.328 e. The molecule has 0 unspecified atom stereocenters. The maximum atomic E-state index is 13.1. The number of carbonyl (C=O) groups is 2. The SMILES string of the molecule is C[C@@H](NS(C)(=O)=O)c1ccc(CN2CCO[C@@H](c3ccc(F)cc3)C2)cc1.O=C(O)/C=C\C(=O)O. The zero-order chi connectivity index (χ0) is 26.0. The van der Waals surface area contributed by atoms with E-state index >= 15 is 0 Å². The molecule has 0 aliphatic carbocycles. The number of morpholine rings is 1. The summed E-state index contributed by atoms with van der Waals surface area (Å²) in [6, 6.07) is 14.2. The Morgan fingerprint density at radius 3 is 2.20 bits per heavy atom. The molecule has 0 amide bonds. The molecule has 190 valence electrons. The number of nitrogens with one attached hydrogen (secondary N) is 1. The molecule has 2 aromatic rings. The van der Waals surface area contributed by atoms with Gasteiger partial charge in [-0.2, -0.15) is 0 Å². The molecule has 3 rings (SSSR count). The molecule has 1 fully saturated rings. The first kappa shape index (κ1) is 28.1. The fraction of sp³-hybridized carbons (Fsp3) is 0.333. The van der Waals surface area contributed by atoms with Gasteiger partial charge in [-0.3, -0.25) is 4.90 Å². The van der Waals surface area contributed by atoms with E-state index in [0.717, 1.165) is 42.6 Å². The molecule has 1 aliphatic heterocycles. The maximum absolute atomic E-state index is 13.1. The van der Waals surface area contributed by atoms with Gasteiger partial charge in [0.25, 0.3) is 0 Å². The minimum Gasteiger partial charge on any atom is -0.478 e.